The summed E-state index contributed by atoms with van der Waals surface area (Å²) < 4.78 is 7.09. The summed E-state index contributed by atoms with van der Waals surface area (Å²) >= 11 is 5.94. The SMILES string of the molecule is COc1ccccc1CC(=O)NCc1cn2cc(Cl)ccc2n1. The molecule has 1 aromatic carbocycles. The van der Waals surface area contributed by atoms with Gasteiger partial charge in [0.05, 0.1) is 30.8 Å². The number of nitrogens with one attached hydrogen (secondary N) is 1. The normalized spacial score (nSPS) is 10.7. The molecule has 1 N–H and O–H groups in total. The maximum absolute atomic E-state index is 12.1. The van der Waals surface area contributed by atoms with Crippen molar-refractivity contribution in [3.05, 3.63) is 65.1 Å². The van der Waals surface area contributed by atoms with Crippen LogP contribution in [0.4, 0.5) is 0 Å². The molecule has 0 saturated carbocycles. The highest BCUT2D eigenvalue weighted by Crippen LogP contribution is 2.17. The molecule has 0 radical (unpaired) electrons. The summed E-state index contributed by atoms with van der Waals surface area (Å²) in [5.41, 5.74) is 2.43. The van der Waals surface area contributed by atoms with Crippen LogP contribution in [0, 0.1) is 0 Å². The Bertz CT molecular complexity index is 845. The molecule has 2 heterocycles. The number of fused-ring (bicyclic) bond motifs is 1. The average molecular weight is 330 g/mol. The summed E-state index contributed by atoms with van der Waals surface area (Å²) in [7, 11) is 1.60. The van der Waals surface area contributed by atoms with Crippen LogP contribution < -0.4 is 10.1 Å². The van der Waals surface area contributed by atoms with Crippen LogP contribution in [0.15, 0.2) is 48.8 Å². The number of methoxy groups -OCH3 is 1. The summed E-state index contributed by atoms with van der Waals surface area (Å²) in [4.78, 5) is 16.5. The summed E-state index contributed by atoms with van der Waals surface area (Å²) in [5, 5.41) is 3.51. The summed E-state index contributed by atoms with van der Waals surface area (Å²) in [6, 6.07) is 11.1. The molecule has 0 aliphatic heterocycles. The van der Waals surface area contributed by atoms with E-state index in [0.717, 1.165) is 16.9 Å². The van der Waals surface area contributed by atoms with Crippen LogP contribution in [-0.4, -0.2) is 22.4 Å². The van der Waals surface area contributed by atoms with Crippen molar-refractivity contribution in [2.75, 3.05) is 7.11 Å². The number of ether oxygens (including phenoxy) is 1. The van der Waals surface area contributed by atoms with Crippen LogP contribution in [0.3, 0.4) is 0 Å². The number of nitrogens with zero attached hydrogens (tertiary/aromatic N) is 2. The Balaban J connectivity index is 1.63. The maximum atomic E-state index is 12.1. The quantitative estimate of drug-likeness (QED) is 0.783. The highest BCUT2D eigenvalue weighted by atomic mass is 35.5. The predicted octanol–water partition coefficient (Wildman–Crippen LogP) is 2.86. The number of pyridine rings is 1. The molecule has 6 heteroatoms. The summed E-state index contributed by atoms with van der Waals surface area (Å²) in [6.07, 6.45) is 3.90. The lowest BCUT2D eigenvalue weighted by Crippen LogP contribution is -2.24. The Hall–Kier alpha value is -2.53. The second-order valence-corrected chi connectivity index (χ2v) is 5.55. The minimum absolute atomic E-state index is 0.0791. The van der Waals surface area contributed by atoms with Crippen LogP contribution in [-0.2, 0) is 17.8 Å². The molecule has 0 aliphatic rings. The number of carbonyl (C=O) groups is 1. The number of benzene rings is 1. The molecule has 118 valence electrons. The number of para-hydroxylation sites is 1. The second-order valence-electron chi connectivity index (χ2n) is 5.11. The van der Waals surface area contributed by atoms with Gasteiger partial charge in [0.2, 0.25) is 5.91 Å². The lowest BCUT2D eigenvalue weighted by molar-refractivity contribution is -0.120. The minimum Gasteiger partial charge on any atom is -0.496 e. The van der Waals surface area contributed by atoms with Crippen molar-refractivity contribution in [1.82, 2.24) is 14.7 Å². The first-order valence-corrected chi connectivity index (χ1v) is 7.55. The number of hydrogen-bond donors (Lipinski definition) is 1. The first kappa shape index (κ1) is 15.4. The van der Waals surface area contributed by atoms with Crippen LogP contribution in [0.2, 0.25) is 5.02 Å². The number of rotatable bonds is 5. The fourth-order valence-electron chi connectivity index (χ4n) is 2.38. The lowest BCUT2D eigenvalue weighted by Gasteiger charge is -2.08. The van der Waals surface area contributed by atoms with E-state index in [1.807, 2.05) is 40.9 Å². The van der Waals surface area contributed by atoms with Crippen LogP contribution in [0.5, 0.6) is 5.75 Å². The van der Waals surface area contributed by atoms with E-state index in [-0.39, 0.29) is 12.3 Å². The van der Waals surface area contributed by atoms with E-state index in [9.17, 15) is 4.79 Å². The van der Waals surface area contributed by atoms with E-state index in [0.29, 0.717) is 17.3 Å². The van der Waals surface area contributed by atoms with Crippen molar-refractivity contribution in [2.45, 2.75) is 13.0 Å². The zero-order valence-corrected chi connectivity index (χ0v) is 13.4. The first-order valence-electron chi connectivity index (χ1n) is 7.17. The van der Waals surface area contributed by atoms with Gasteiger partial charge >= 0.3 is 0 Å². The number of imidazole rings is 1. The Labute approximate surface area is 138 Å². The fourth-order valence-corrected chi connectivity index (χ4v) is 2.54. The molecule has 23 heavy (non-hydrogen) atoms. The number of carbonyl (C=O) groups excluding carboxylic acids is 1. The first-order chi connectivity index (χ1) is 11.2. The lowest BCUT2D eigenvalue weighted by atomic mass is 10.1. The van der Waals surface area contributed by atoms with E-state index in [2.05, 4.69) is 10.3 Å². The van der Waals surface area contributed by atoms with Crippen molar-refractivity contribution in [3.8, 4) is 5.75 Å². The Morgan fingerprint density at radius 2 is 2.09 bits per heavy atom. The van der Waals surface area contributed by atoms with Crippen molar-refractivity contribution in [3.63, 3.8) is 0 Å². The van der Waals surface area contributed by atoms with Crippen molar-refractivity contribution >= 4 is 23.2 Å². The van der Waals surface area contributed by atoms with Gasteiger partial charge in [0, 0.05) is 18.0 Å². The predicted molar refractivity (Wildman–Crippen MR) is 88.7 cm³/mol. The molecule has 5 nitrogen and oxygen atoms in total. The molecule has 3 aromatic rings. The van der Waals surface area contributed by atoms with E-state index in [4.69, 9.17) is 16.3 Å². The Morgan fingerprint density at radius 3 is 2.91 bits per heavy atom. The molecule has 0 spiro atoms. The van der Waals surface area contributed by atoms with E-state index < -0.39 is 0 Å². The van der Waals surface area contributed by atoms with Crippen molar-refractivity contribution in [1.29, 1.82) is 0 Å². The van der Waals surface area contributed by atoms with Gasteiger partial charge in [-0.3, -0.25) is 4.79 Å². The standard InChI is InChI=1S/C17H16ClN3O2/c1-23-15-5-3-2-4-12(15)8-17(22)19-9-14-11-21-10-13(18)6-7-16(21)20-14/h2-7,10-11H,8-9H2,1H3,(H,19,22). The smallest absolute Gasteiger partial charge is 0.224 e. The molecule has 0 aliphatic carbocycles. The monoisotopic (exact) mass is 329 g/mol. The van der Waals surface area contributed by atoms with E-state index in [1.54, 1.807) is 19.4 Å². The molecule has 0 atom stereocenters. The van der Waals surface area contributed by atoms with Gasteiger partial charge in [0.1, 0.15) is 11.4 Å². The molecule has 3 rings (SSSR count). The van der Waals surface area contributed by atoms with Crippen LogP contribution in [0.25, 0.3) is 5.65 Å². The molecule has 2 aromatic heterocycles. The largest absolute Gasteiger partial charge is 0.496 e. The van der Waals surface area contributed by atoms with Crippen molar-refractivity contribution < 1.29 is 9.53 Å². The number of amides is 1. The molecular formula is C17H16ClN3O2. The molecular weight excluding hydrogens is 314 g/mol. The van der Waals surface area contributed by atoms with Crippen LogP contribution >= 0.6 is 11.6 Å². The van der Waals surface area contributed by atoms with Gasteiger partial charge in [-0.2, -0.15) is 0 Å². The Morgan fingerprint density at radius 1 is 1.26 bits per heavy atom. The average Bonchev–Trinajstić information content (AvgIpc) is 2.95. The van der Waals surface area contributed by atoms with Crippen LogP contribution in [0.1, 0.15) is 11.3 Å². The number of hydrogen-bond acceptors (Lipinski definition) is 3. The number of halogens is 1. The third kappa shape index (κ3) is 3.63. The second kappa shape index (κ2) is 6.71. The van der Waals surface area contributed by atoms with Gasteiger partial charge in [-0.05, 0) is 18.2 Å². The van der Waals surface area contributed by atoms with Gasteiger partial charge in [-0.1, -0.05) is 29.8 Å². The summed E-state index contributed by atoms with van der Waals surface area (Å²) in [5.74, 6) is 0.634. The zero-order chi connectivity index (χ0) is 16.2. The van der Waals surface area contributed by atoms with E-state index in [1.165, 1.54) is 0 Å². The molecule has 1 amide bonds. The summed E-state index contributed by atoms with van der Waals surface area (Å²) in [6.45, 7) is 0.368. The molecule has 0 fully saturated rings. The van der Waals surface area contributed by atoms with Gasteiger partial charge < -0.3 is 14.5 Å². The number of aromatic nitrogens is 2. The molecule has 0 saturated heterocycles. The Kier molecular flexibility index (Phi) is 4.48. The zero-order valence-electron chi connectivity index (χ0n) is 12.6. The molecule has 0 unspecified atom stereocenters. The maximum Gasteiger partial charge on any atom is 0.224 e. The topological polar surface area (TPSA) is 55.6 Å². The van der Waals surface area contributed by atoms with Gasteiger partial charge in [0.15, 0.2) is 0 Å². The minimum atomic E-state index is -0.0791. The van der Waals surface area contributed by atoms with Crippen molar-refractivity contribution in [2.24, 2.45) is 0 Å². The third-order valence-electron chi connectivity index (χ3n) is 3.48. The van der Waals surface area contributed by atoms with E-state index >= 15 is 0 Å². The molecule has 0 bridgehead atoms. The third-order valence-corrected chi connectivity index (χ3v) is 3.70. The fraction of sp³-hybridized carbons (Fsp3) is 0.176. The van der Waals surface area contributed by atoms with Gasteiger partial charge in [-0.25, -0.2) is 4.98 Å². The van der Waals surface area contributed by atoms with Gasteiger partial charge in [0.25, 0.3) is 0 Å². The highest BCUT2D eigenvalue weighted by Gasteiger charge is 2.09. The highest BCUT2D eigenvalue weighted by molar-refractivity contribution is 6.30. The van der Waals surface area contributed by atoms with Gasteiger partial charge in [-0.15, -0.1) is 0 Å².